The van der Waals surface area contributed by atoms with E-state index >= 15 is 0 Å². The molecule has 138 valence electrons. The third-order valence-corrected chi connectivity index (χ3v) is 3.99. The van der Waals surface area contributed by atoms with Crippen LogP contribution in [0, 0.1) is 5.92 Å². The van der Waals surface area contributed by atoms with E-state index in [1.54, 1.807) is 18.2 Å². The minimum atomic E-state index is -0.779. The summed E-state index contributed by atoms with van der Waals surface area (Å²) < 4.78 is 15.6. The van der Waals surface area contributed by atoms with Gasteiger partial charge in [-0.05, 0) is 24.1 Å². The molecule has 0 bridgehead atoms. The summed E-state index contributed by atoms with van der Waals surface area (Å²) >= 11 is 3.29. The van der Waals surface area contributed by atoms with Crippen molar-refractivity contribution >= 4 is 33.8 Å². The first-order chi connectivity index (χ1) is 11.9. The molecule has 7 nitrogen and oxygen atoms in total. The molecule has 0 heterocycles. The summed E-state index contributed by atoms with van der Waals surface area (Å²) in [5.41, 5.74) is 0. The largest absolute Gasteiger partial charge is 0.482 e. The van der Waals surface area contributed by atoms with Crippen molar-refractivity contribution in [2.45, 2.75) is 26.3 Å². The minimum Gasteiger partial charge on any atom is -0.482 e. The van der Waals surface area contributed by atoms with E-state index in [1.807, 2.05) is 19.9 Å². The lowest BCUT2D eigenvalue weighted by molar-refractivity contribution is -0.152. The first-order valence-corrected chi connectivity index (χ1v) is 8.57. The van der Waals surface area contributed by atoms with Crippen LogP contribution < -0.4 is 10.1 Å². The van der Waals surface area contributed by atoms with Crippen LogP contribution in [0.4, 0.5) is 0 Å². The molecule has 0 saturated carbocycles. The molecule has 0 aliphatic heterocycles. The van der Waals surface area contributed by atoms with E-state index < -0.39 is 30.5 Å². The summed E-state index contributed by atoms with van der Waals surface area (Å²) in [6.07, 6.45) is 0.681. The van der Waals surface area contributed by atoms with Crippen LogP contribution in [0.15, 0.2) is 28.7 Å². The highest BCUT2D eigenvalue weighted by atomic mass is 79.9. The predicted octanol–water partition coefficient (Wildman–Crippen LogP) is 2.07. The van der Waals surface area contributed by atoms with E-state index in [0.717, 1.165) is 4.47 Å². The van der Waals surface area contributed by atoms with E-state index in [1.165, 1.54) is 7.11 Å². The van der Waals surface area contributed by atoms with Gasteiger partial charge in [0.05, 0.1) is 7.11 Å². The monoisotopic (exact) mass is 415 g/mol. The van der Waals surface area contributed by atoms with E-state index in [0.29, 0.717) is 12.2 Å². The van der Waals surface area contributed by atoms with Gasteiger partial charge in [0.2, 0.25) is 0 Å². The molecule has 8 heteroatoms. The smallest absolute Gasteiger partial charge is 0.344 e. The zero-order chi connectivity index (χ0) is 18.8. The Hall–Kier alpha value is -2.09. The standard InChI is InChI=1S/C17H22BrNO6/c1-4-11(2)16(17(22)23-3)19-14(20)9-25-15(21)10-24-13-7-5-6-12(18)8-13/h5-8,11,16H,4,9-10H2,1-3H3,(H,19,20)/t11-,16-/m1/s1. The molecule has 25 heavy (non-hydrogen) atoms. The average Bonchev–Trinajstić information content (AvgIpc) is 2.61. The van der Waals surface area contributed by atoms with Gasteiger partial charge in [0.15, 0.2) is 13.2 Å². The van der Waals surface area contributed by atoms with Crippen molar-refractivity contribution in [3.05, 3.63) is 28.7 Å². The Balaban J connectivity index is 2.41. The van der Waals surface area contributed by atoms with Crippen LogP contribution in [0.5, 0.6) is 5.75 Å². The van der Waals surface area contributed by atoms with Gasteiger partial charge in [-0.15, -0.1) is 0 Å². The highest BCUT2D eigenvalue weighted by Gasteiger charge is 2.26. The number of hydrogen-bond acceptors (Lipinski definition) is 6. The number of ether oxygens (including phenoxy) is 3. The SMILES string of the molecule is CC[C@@H](C)[C@@H](NC(=O)COC(=O)COc1cccc(Br)c1)C(=O)OC. The second-order valence-electron chi connectivity index (χ2n) is 5.36. The highest BCUT2D eigenvalue weighted by molar-refractivity contribution is 9.10. The van der Waals surface area contributed by atoms with Gasteiger partial charge >= 0.3 is 11.9 Å². The maximum absolute atomic E-state index is 11.9. The summed E-state index contributed by atoms with van der Waals surface area (Å²) in [4.78, 5) is 35.2. The van der Waals surface area contributed by atoms with Crippen molar-refractivity contribution in [2.24, 2.45) is 5.92 Å². The lowest BCUT2D eigenvalue weighted by Gasteiger charge is -2.21. The number of halogens is 1. The van der Waals surface area contributed by atoms with Gasteiger partial charge in [-0.3, -0.25) is 4.79 Å². The molecule has 0 radical (unpaired) electrons. The van der Waals surface area contributed by atoms with Gasteiger partial charge in [-0.25, -0.2) is 9.59 Å². The lowest BCUT2D eigenvalue weighted by atomic mass is 9.99. The Morgan fingerprint density at radius 2 is 1.96 bits per heavy atom. The number of methoxy groups -OCH3 is 1. The number of nitrogens with one attached hydrogen (secondary N) is 1. The summed E-state index contributed by atoms with van der Waals surface area (Å²) in [6.45, 7) is 2.89. The van der Waals surface area contributed by atoms with Crippen LogP contribution in [0.25, 0.3) is 0 Å². The summed E-state index contributed by atoms with van der Waals surface area (Å²) in [5.74, 6) is -1.41. The van der Waals surface area contributed by atoms with Crippen molar-refractivity contribution in [1.82, 2.24) is 5.32 Å². The van der Waals surface area contributed by atoms with Gasteiger partial charge in [0.1, 0.15) is 11.8 Å². The molecule has 1 N–H and O–H groups in total. The number of carbonyl (C=O) groups is 3. The van der Waals surface area contributed by atoms with E-state index in [2.05, 4.69) is 26.0 Å². The Kier molecular flexibility index (Phi) is 8.98. The molecule has 1 rings (SSSR count). The number of esters is 2. The number of hydrogen-bond donors (Lipinski definition) is 1. The Labute approximate surface area is 155 Å². The molecule has 2 atom stereocenters. The minimum absolute atomic E-state index is 0.105. The van der Waals surface area contributed by atoms with Crippen LogP contribution in [0.2, 0.25) is 0 Å². The topological polar surface area (TPSA) is 90.9 Å². The van der Waals surface area contributed by atoms with Crippen molar-refractivity contribution in [1.29, 1.82) is 0 Å². The highest BCUT2D eigenvalue weighted by Crippen LogP contribution is 2.17. The summed E-state index contributed by atoms with van der Waals surface area (Å²) in [5, 5.41) is 2.52. The molecule has 0 aliphatic rings. The number of carbonyl (C=O) groups excluding carboxylic acids is 3. The molecule has 0 spiro atoms. The van der Waals surface area contributed by atoms with Crippen molar-refractivity contribution in [3.63, 3.8) is 0 Å². The predicted molar refractivity (Wildman–Crippen MR) is 94.0 cm³/mol. The second-order valence-corrected chi connectivity index (χ2v) is 6.28. The van der Waals surface area contributed by atoms with Gasteiger partial charge in [-0.1, -0.05) is 42.3 Å². The number of amides is 1. The number of rotatable bonds is 9. The van der Waals surface area contributed by atoms with Crippen LogP contribution in [0.1, 0.15) is 20.3 Å². The van der Waals surface area contributed by atoms with Crippen LogP contribution in [-0.4, -0.2) is 44.2 Å². The molecule has 0 aromatic heterocycles. The molecule has 0 unspecified atom stereocenters. The molecular formula is C17H22BrNO6. The first-order valence-electron chi connectivity index (χ1n) is 7.78. The fourth-order valence-corrected chi connectivity index (χ4v) is 2.28. The molecule has 0 saturated heterocycles. The molecule has 0 fully saturated rings. The Morgan fingerprint density at radius 1 is 1.24 bits per heavy atom. The zero-order valence-corrected chi connectivity index (χ0v) is 16.0. The van der Waals surface area contributed by atoms with Crippen LogP contribution >= 0.6 is 15.9 Å². The van der Waals surface area contributed by atoms with Crippen molar-refractivity contribution in [2.75, 3.05) is 20.3 Å². The average molecular weight is 416 g/mol. The fraction of sp³-hybridized carbons (Fsp3) is 0.471. The maximum atomic E-state index is 11.9. The second kappa shape index (κ2) is 10.7. The van der Waals surface area contributed by atoms with Gasteiger partial charge < -0.3 is 19.5 Å². The van der Waals surface area contributed by atoms with Crippen LogP contribution in [0.3, 0.4) is 0 Å². The molecule has 1 aromatic carbocycles. The van der Waals surface area contributed by atoms with Gasteiger partial charge in [-0.2, -0.15) is 0 Å². The fourth-order valence-electron chi connectivity index (χ4n) is 1.90. The zero-order valence-electron chi connectivity index (χ0n) is 14.4. The number of benzene rings is 1. The van der Waals surface area contributed by atoms with Gasteiger partial charge in [0, 0.05) is 4.47 Å². The van der Waals surface area contributed by atoms with Gasteiger partial charge in [0.25, 0.3) is 5.91 Å². The quantitative estimate of drug-likeness (QED) is 0.620. The van der Waals surface area contributed by atoms with Crippen molar-refractivity contribution < 1.29 is 28.6 Å². The first kappa shape index (κ1) is 21.0. The van der Waals surface area contributed by atoms with Crippen molar-refractivity contribution in [3.8, 4) is 5.75 Å². The van der Waals surface area contributed by atoms with E-state index in [4.69, 9.17) is 9.47 Å². The van der Waals surface area contributed by atoms with Crippen LogP contribution in [-0.2, 0) is 23.9 Å². The Morgan fingerprint density at radius 3 is 2.56 bits per heavy atom. The molecule has 1 amide bonds. The molecule has 0 aliphatic carbocycles. The normalized spacial score (nSPS) is 12.6. The molecular weight excluding hydrogens is 394 g/mol. The van der Waals surface area contributed by atoms with E-state index in [9.17, 15) is 14.4 Å². The molecule has 1 aromatic rings. The lowest BCUT2D eigenvalue weighted by Crippen LogP contribution is -2.47. The third-order valence-electron chi connectivity index (χ3n) is 3.50. The Bertz CT molecular complexity index is 607. The summed E-state index contributed by atoms with van der Waals surface area (Å²) in [6, 6.07) is 6.20. The van der Waals surface area contributed by atoms with E-state index in [-0.39, 0.29) is 12.5 Å². The maximum Gasteiger partial charge on any atom is 0.344 e. The third kappa shape index (κ3) is 7.55. The summed E-state index contributed by atoms with van der Waals surface area (Å²) in [7, 11) is 1.25.